The van der Waals surface area contributed by atoms with Crippen LogP contribution >= 0.6 is 0 Å². The second kappa shape index (κ2) is 5.11. The molecule has 6 heteroatoms. The lowest BCUT2D eigenvalue weighted by molar-refractivity contribution is -0.120. The van der Waals surface area contributed by atoms with Crippen molar-refractivity contribution in [3.63, 3.8) is 0 Å². The summed E-state index contributed by atoms with van der Waals surface area (Å²) in [4.78, 5) is 23.6. The number of anilines is 1. The number of benzene rings is 1. The average Bonchev–Trinajstić information content (AvgIpc) is 3.05. The number of hydrogen-bond acceptors (Lipinski definition) is 3. The quantitative estimate of drug-likeness (QED) is 0.785. The Morgan fingerprint density at radius 3 is 2.71 bits per heavy atom. The molecule has 4 N–H and O–H groups in total. The van der Waals surface area contributed by atoms with Crippen molar-refractivity contribution >= 4 is 17.5 Å². The monoisotopic (exact) mass is 291 g/mol. The van der Waals surface area contributed by atoms with Gasteiger partial charge in [0, 0.05) is 28.9 Å². The molecule has 3 atom stereocenters. The molecule has 1 aromatic carbocycles. The normalized spacial score (nSPS) is 26.9. The number of nitrogens with two attached hydrogens (primary N) is 1. The molecule has 3 rings (SSSR count). The summed E-state index contributed by atoms with van der Waals surface area (Å²) in [7, 11) is 0. The first-order chi connectivity index (χ1) is 9.95. The molecule has 0 aromatic heterocycles. The Kier molecular flexibility index (Phi) is 3.41. The maximum absolute atomic E-state index is 13.8. The number of rotatable bonds is 3. The van der Waals surface area contributed by atoms with E-state index in [1.807, 2.05) is 0 Å². The van der Waals surface area contributed by atoms with Crippen molar-refractivity contribution in [2.75, 3.05) is 5.32 Å². The lowest BCUT2D eigenvalue weighted by Gasteiger charge is -2.20. The molecule has 2 amide bonds. The molecule has 2 aliphatic rings. The van der Waals surface area contributed by atoms with Crippen LogP contribution in [0.15, 0.2) is 12.1 Å². The molecule has 1 aromatic rings. The molecule has 2 bridgehead atoms. The van der Waals surface area contributed by atoms with E-state index in [1.54, 1.807) is 6.92 Å². The van der Waals surface area contributed by atoms with Crippen LogP contribution in [0.2, 0.25) is 0 Å². The Morgan fingerprint density at radius 1 is 1.38 bits per heavy atom. The molecule has 3 unspecified atom stereocenters. The third kappa shape index (κ3) is 2.51. The van der Waals surface area contributed by atoms with Crippen LogP contribution in [-0.4, -0.2) is 23.9 Å². The molecule has 2 heterocycles. The third-order valence-corrected chi connectivity index (χ3v) is 4.52. The van der Waals surface area contributed by atoms with Crippen molar-refractivity contribution in [2.45, 2.75) is 38.3 Å². The minimum Gasteiger partial charge on any atom is -0.366 e. The van der Waals surface area contributed by atoms with E-state index < -0.39 is 11.7 Å². The van der Waals surface area contributed by atoms with Gasteiger partial charge < -0.3 is 16.4 Å². The molecule has 0 aliphatic carbocycles. The highest BCUT2D eigenvalue weighted by atomic mass is 19.1. The van der Waals surface area contributed by atoms with Gasteiger partial charge in [0.15, 0.2) is 0 Å². The van der Waals surface area contributed by atoms with Gasteiger partial charge in [0.05, 0.1) is 5.92 Å². The topological polar surface area (TPSA) is 84.2 Å². The Morgan fingerprint density at radius 2 is 2.14 bits per heavy atom. The summed E-state index contributed by atoms with van der Waals surface area (Å²) in [6.45, 7) is 1.56. The van der Waals surface area contributed by atoms with Crippen LogP contribution in [0.3, 0.4) is 0 Å². The van der Waals surface area contributed by atoms with Gasteiger partial charge in [-0.25, -0.2) is 4.39 Å². The molecule has 0 spiro atoms. The summed E-state index contributed by atoms with van der Waals surface area (Å²) in [5, 5.41) is 6.14. The second-order valence-electron chi connectivity index (χ2n) is 5.87. The van der Waals surface area contributed by atoms with E-state index in [2.05, 4.69) is 10.6 Å². The predicted octanol–water partition coefficient (Wildman–Crippen LogP) is 1.31. The number of fused-ring (bicyclic) bond motifs is 2. The van der Waals surface area contributed by atoms with E-state index in [0.717, 1.165) is 25.3 Å². The Labute approximate surface area is 122 Å². The summed E-state index contributed by atoms with van der Waals surface area (Å²) in [5.41, 5.74) is 5.86. The van der Waals surface area contributed by atoms with E-state index >= 15 is 0 Å². The van der Waals surface area contributed by atoms with E-state index in [0.29, 0.717) is 17.3 Å². The van der Waals surface area contributed by atoms with Gasteiger partial charge in [-0.05, 0) is 38.3 Å². The lowest BCUT2D eigenvalue weighted by atomic mass is 9.88. The van der Waals surface area contributed by atoms with Crippen molar-refractivity contribution in [3.05, 3.63) is 29.1 Å². The first-order valence-corrected chi connectivity index (χ1v) is 7.12. The lowest BCUT2D eigenvalue weighted by Crippen LogP contribution is -2.33. The average molecular weight is 291 g/mol. The molecule has 5 nitrogen and oxygen atoms in total. The molecule has 0 saturated carbocycles. The highest BCUT2D eigenvalue weighted by Crippen LogP contribution is 2.34. The first-order valence-electron chi connectivity index (χ1n) is 7.12. The molecular formula is C15H18FN3O2. The standard InChI is InChI=1S/C15H18FN3O2/c1-7-11(16)4-8(14(17)20)5-13(7)19-15(21)10-6-9-2-3-12(10)18-9/h4-5,9-10,12,18H,2-3,6H2,1H3,(H2,17,20)(H,19,21). The largest absolute Gasteiger partial charge is 0.366 e. The first kappa shape index (κ1) is 14.0. The van der Waals surface area contributed by atoms with E-state index in [4.69, 9.17) is 5.73 Å². The van der Waals surface area contributed by atoms with E-state index in [1.165, 1.54) is 6.07 Å². The Hall–Kier alpha value is -1.95. The third-order valence-electron chi connectivity index (χ3n) is 4.52. The summed E-state index contributed by atoms with van der Waals surface area (Å²) in [5.74, 6) is -1.49. The molecular weight excluding hydrogens is 273 g/mol. The zero-order valence-corrected chi connectivity index (χ0v) is 11.8. The summed E-state index contributed by atoms with van der Waals surface area (Å²) in [6.07, 6.45) is 2.92. The van der Waals surface area contributed by atoms with Crippen LogP contribution < -0.4 is 16.4 Å². The van der Waals surface area contributed by atoms with Crippen molar-refractivity contribution in [2.24, 2.45) is 11.7 Å². The van der Waals surface area contributed by atoms with E-state index in [-0.39, 0.29) is 23.4 Å². The number of primary amides is 1. The van der Waals surface area contributed by atoms with Gasteiger partial charge in [0.2, 0.25) is 11.8 Å². The van der Waals surface area contributed by atoms with Gasteiger partial charge in [-0.2, -0.15) is 0 Å². The van der Waals surface area contributed by atoms with Crippen LogP contribution in [0.1, 0.15) is 35.2 Å². The number of carbonyl (C=O) groups is 2. The molecule has 2 aliphatic heterocycles. The van der Waals surface area contributed by atoms with Gasteiger partial charge in [-0.1, -0.05) is 0 Å². The Bertz CT molecular complexity index is 617. The SMILES string of the molecule is Cc1c(F)cc(C(N)=O)cc1NC(=O)C1CC2CCC1N2. The molecule has 2 fully saturated rings. The highest BCUT2D eigenvalue weighted by molar-refractivity contribution is 5.98. The fraction of sp³-hybridized carbons (Fsp3) is 0.467. The maximum atomic E-state index is 13.8. The number of hydrogen-bond donors (Lipinski definition) is 3. The second-order valence-corrected chi connectivity index (χ2v) is 5.87. The van der Waals surface area contributed by atoms with Crippen LogP contribution in [0.5, 0.6) is 0 Å². The van der Waals surface area contributed by atoms with Crippen molar-refractivity contribution in [3.8, 4) is 0 Å². The van der Waals surface area contributed by atoms with Gasteiger partial charge in [-0.15, -0.1) is 0 Å². The van der Waals surface area contributed by atoms with Crippen LogP contribution in [0.4, 0.5) is 10.1 Å². The fourth-order valence-electron chi connectivity index (χ4n) is 3.29. The predicted molar refractivity (Wildman–Crippen MR) is 76.3 cm³/mol. The minimum atomic E-state index is -0.717. The smallest absolute Gasteiger partial charge is 0.248 e. The van der Waals surface area contributed by atoms with E-state index in [9.17, 15) is 14.0 Å². The summed E-state index contributed by atoms with van der Waals surface area (Å²) < 4.78 is 13.8. The zero-order valence-electron chi connectivity index (χ0n) is 11.8. The number of carbonyl (C=O) groups excluding carboxylic acids is 2. The molecule has 0 radical (unpaired) electrons. The highest BCUT2D eigenvalue weighted by Gasteiger charge is 2.42. The van der Waals surface area contributed by atoms with Crippen molar-refractivity contribution in [1.29, 1.82) is 0 Å². The molecule has 112 valence electrons. The fourth-order valence-corrected chi connectivity index (χ4v) is 3.29. The molecule has 2 saturated heterocycles. The summed E-state index contributed by atoms with van der Waals surface area (Å²) >= 11 is 0. The van der Waals surface area contributed by atoms with Crippen LogP contribution in [-0.2, 0) is 4.79 Å². The summed E-state index contributed by atoms with van der Waals surface area (Å²) in [6, 6.07) is 3.14. The number of nitrogens with one attached hydrogen (secondary N) is 2. The van der Waals surface area contributed by atoms with Crippen molar-refractivity contribution < 1.29 is 14.0 Å². The zero-order chi connectivity index (χ0) is 15.1. The molecule has 21 heavy (non-hydrogen) atoms. The van der Waals surface area contributed by atoms with Crippen molar-refractivity contribution in [1.82, 2.24) is 5.32 Å². The minimum absolute atomic E-state index is 0.0551. The van der Waals surface area contributed by atoms with Gasteiger partial charge in [0.1, 0.15) is 5.82 Å². The maximum Gasteiger partial charge on any atom is 0.248 e. The van der Waals surface area contributed by atoms with Gasteiger partial charge in [0.25, 0.3) is 0 Å². The number of halogens is 1. The Balaban J connectivity index is 1.81. The van der Waals surface area contributed by atoms with Crippen LogP contribution in [0.25, 0.3) is 0 Å². The van der Waals surface area contributed by atoms with Crippen LogP contribution in [0, 0.1) is 18.7 Å². The van der Waals surface area contributed by atoms with Gasteiger partial charge >= 0.3 is 0 Å². The number of amides is 2. The van der Waals surface area contributed by atoms with Gasteiger partial charge in [-0.3, -0.25) is 9.59 Å².